The van der Waals surface area contributed by atoms with Crippen LogP contribution in [-0.4, -0.2) is 58.6 Å². The molecule has 1 fully saturated rings. The van der Waals surface area contributed by atoms with E-state index in [1.807, 2.05) is 7.05 Å². The van der Waals surface area contributed by atoms with Crippen molar-refractivity contribution >= 4 is 9.84 Å². The van der Waals surface area contributed by atoms with Gasteiger partial charge in [-0.3, -0.25) is 0 Å². The van der Waals surface area contributed by atoms with Crippen LogP contribution in [0.5, 0.6) is 0 Å². The Labute approximate surface area is 99.3 Å². The van der Waals surface area contributed by atoms with E-state index in [1.165, 1.54) is 25.5 Å². The van der Waals surface area contributed by atoms with Crippen LogP contribution in [0.2, 0.25) is 0 Å². The Bertz CT molecular complexity index is 284. The van der Waals surface area contributed by atoms with Crippen molar-refractivity contribution in [3.05, 3.63) is 0 Å². The molecule has 0 radical (unpaired) electrons. The van der Waals surface area contributed by atoms with Crippen LogP contribution < -0.4 is 5.32 Å². The van der Waals surface area contributed by atoms with Gasteiger partial charge < -0.3 is 10.2 Å². The van der Waals surface area contributed by atoms with E-state index in [0.29, 0.717) is 6.54 Å². The van der Waals surface area contributed by atoms with Crippen molar-refractivity contribution in [1.29, 1.82) is 0 Å². The lowest BCUT2D eigenvalue weighted by Crippen LogP contribution is -2.33. The summed E-state index contributed by atoms with van der Waals surface area (Å²) >= 11 is 0. The van der Waals surface area contributed by atoms with E-state index in [1.54, 1.807) is 0 Å². The molecule has 0 aromatic rings. The van der Waals surface area contributed by atoms with Gasteiger partial charge in [0.15, 0.2) is 0 Å². The van der Waals surface area contributed by atoms with E-state index >= 15 is 0 Å². The van der Waals surface area contributed by atoms with Crippen LogP contribution in [0.4, 0.5) is 0 Å². The van der Waals surface area contributed by atoms with Crippen molar-refractivity contribution in [2.75, 3.05) is 45.2 Å². The van der Waals surface area contributed by atoms with Crippen LogP contribution in [-0.2, 0) is 9.84 Å². The average Bonchev–Trinajstić information content (AvgIpc) is 2.24. The summed E-state index contributed by atoms with van der Waals surface area (Å²) in [6, 6.07) is 0. The Morgan fingerprint density at radius 2 is 2.12 bits per heavy atom. The van der Waals surface area contributed by atoms with E-state index in [4.69, 9.17) is 0 Å². The van der Waals surface area contributed by atoms with Crippen LogP contribution in [0.15, 0.2) is 0 Å². The highest BCUT2D eigenvalue weighted by Gasteiger charge is 2.13. The number of piperidine rings is 1. The second kappa shape index (κ2) is 6.57. The smallest absolute Gasteiger partial charge is 0.148 e. The van der Waals surface area contributed by atoms with Crippen molar-refractivity contribution in [3.63, 3.8) is 0 Å². The van der Waals surface area contributed by atoms with E-state index < -0.39 is 9.84 Å². The molecule has 0 saturated carbocycles. The molecule has 1 unspecified atom stereocenters. The second-order valence-corrected chi connectivity index (χ2v) is 7.19. The summed E-state index contributed by atoms with van der Waals surface area (Å²) in [6.45, 7) is 3.93. The molecule has 5 heteroatoms. The topological polar surface area (TPSA) is 49.4 Å². The first-order chi connectivity index (χ1) is 7.47. The molecule has 1 atom stereocenters. The molecular weight excluding hydrogens is 224 g/mol. The molecule has 16 heavy (non-hydrogen) atoms. The molecule has 1 aliphatic rings. The molecule has 1 N–H and O–H groups in total. The predicted octanol–water partition coefficient (Wildman–Crippen LogP) is 0.353. The molecule has 0 aromatic carbocycles. The highest BCUT2D eigenvalue weighted by molar-refractivity contribution is 7.90. The molecule has 96 valence electrons. The van der Waals surface area contributed by atoms with Crippen LogP contribution in [0.25, 0.3) is 0 Å². The SMILES string of the molecule is CN(CCC1CCCNC1)CCS(C)(=O)=O. The molecule has 0 amide bonds. The zero-order chi connectivity index (χ0) is 12.0. The summed E-state index contributed by atoms with van der Waals surface area (Å²) in [5, 5.41) is 3.40. The van der Waals surface area contributed by atoms with Crippen molar-refractivity contribution < 1.29 is 8.42 Å². The highest BCUT2D eigenvalue weighted by Crippen LogP contribution is 2.13. The van der Waals surface area contributed by atoms with E-state index in [9.17, 15) is 8.42 Å². The van der Waals surface area contributed by atoms with Gasteiger partial charge in [-0.05, 0) is 51.9 Å². The lowest BCUT2D eigenvalue weighted by atomic mass is 9.96. The van der Waals surface area contributed by atoms with Gasteiger partial charge in [0.1, 0.15) is 9.84 Å². The maximum Gasteiger partial charge on any atom is 0.148 e. The Balaban J connectivity index is 2.11. The van der Waals surface area contributed by atoms with Crippen LogP contribution in [0.1, 0.15) is 19.3 Å². The summed E-state index contributed by atoms with van der Waals surface area (Å²) in [5.74, 6) is 1.04. The number of hydrogen-bond donors (Lipinski definition) is 1. The molecule has 1 aliphatic heterocycles. The first-order valence-electron chi connectivity index (χ1n) is 6.04. The van der Waals surface area contributed by atoms with Gasteiger partial charge in [-0.25, -0.2) is 8.42 Å². The van der Waals surface area contributed by atoms with Crippen LogP contribution in [0, 0.1) is 5.92 Å². The van der Waals surface area contributed by atoms with Gasteiger partial charge in [-0.2, -0.15) is 0 Å². The first kappa shape index (κ1) is 13.9. The van der Waals surface area contributed by atoms with Crippen molar-refractivity contribution in [2.45, 2.75) is 19.3 Å². The van der Waals surface area contributed by atoms with E-state index in [0.717, 1.165) is 25.6 Å². The number of nitrogens with zero attached hydrogens (tertiary/aromatic N) is 1. The fourth-order valence-electron chi connectivity index (χ4n) is 2.01. The van der Waals surface area contributed by atoms with E-state index in [2.05, 4.69) is 10.2 Å². The number of nitrogens with one attached hydrogen (secondary N) is 1. The number of hydrogen-bond acceptors (Lipinski definition) is 4. The lowest BCUT2D eigenvalue weighted by Gasteiger charge is -2.25. The number of sulfone groups is 1. The summed E-state index contributed by atoms with van der Waals surface area (Å²) in [4.78, 5) is 2.12. The Morgan fingerprint density at radius 1 is 1.38 bits per heavy atom. The quantitative estimate of drug-likeness (QED) is 0.737. The molecule has 0 aliphatic carbocycles. The van der Waals surface area contributed by atoms with Gasteiger partial charge in [0, 0.05) is 12.8 Å². The molecule has 4 nitrogen and oxygen atoms in total. The van der Waals surface area contributed by atoms with Gasteiger partial charge in [0.2, 0.25) is 0 Å². The molecule has 0 bridgehead atoms. The minimum absolute atomic E-state index is 0.270. The second-order valence-electron chi connectivity index (χ2n) is 4.93. The van der Waals surface area contributed by atoms with Crippen molar-refractivity contribution in [3.8, 4) is 0 Å². The third-order valence-corrected chi connectivity index (χ3v) is 4.09. The Kier molecular flexibility index (Phi) is 5.72. The maximum atomic E-state index is 11.0. The van der Waals surface area contributed by atoms with Gasteiger partial charge in [0.05, 0.1) is 5.75 Å². The first-order valence-corrected chi connectivity index (χ1v) is 8.10. The fraction of sp³-hybridized carbons (Fsp3) is 1.00. The molecule has 0 aromatic heterocycles. The summed E-state index contributed by atoms with van der Waals surface area (Å²) in [7, 11) is -0.815. The normalized spacial score (nSPS) is 22.6. The fourth-order valence-corrected chi connectivity index (χ4v) is 2.65. The Hall–Kier alpha value is -0.130. The minimum Gasteiger partial charge on any atom is -0.316 e. The van der Waals surface area contributed by atoms with Crippen molar-refractivity contribution in [2.24, 2.45) is 5.92 Å². The van der Waals surface area contributed by atoms with Crippen LogP contribution >= 0.6 is 0 Å². The third kappa shape index (κ3) is 6.45. The lowest BCUT2D eigenvalue weighted by molar-refractivity contribution is 0.282. The van der Waals surface area contributed by atoms with Crippen molar-refractivity contribution in [1.82, 2.24) is 10.2 Å². The number of rotatable bonds is 6. The minimum atomic E-state index is -2.82. The standard InChI is InChI=1S/C11H24N2O2S/c1-13(8-9-16(2,14)15)7-5-11-4-3-6-12-10-11/h11-12H,3-10H2,1-2H3. The molecule has 1 saturated heterocycles. The molecular formula is C11H24N2O2S. The van der Waals surface area contributed by atoms with Gasteiger partial charge in [-0.15, -0.1) is 0 Å². The van der Waals surface area contributed by atoms with Crippen LogP contribution in [0.3, 0.4) is 0 Å². The van der Waals surface area contributed by atoms with Gasteiger partial charge >= 0.3 is 0 Å². The average molecular weight is 248 g/mol. The highest BCUT2D eigenvalue weighted by atomic mass is 32.2. The third-order valence-electron chi connectivity index (χ3n) is 3.16. The largest absolute Gasteiger partial charge is 0.316 e. The maximum absolute atomic E-state index is 11.0. The van der Waals surface area contributed by atoms with E-state index in [-0.39, 0.29) is 5.75 Å². The zero-order valence-electron chi connectivity index (χ0n) is 10.4. The summed E-state index contributed by atoms with van der Waals surface area (Å²) in [5.41, 5.74) is 0. The van der Waals surface area contributed by atoms with Gasteiger partial charge in [-0.1, -0.05) is 0 Å². The summed E-state index contributed by atoms with van der Waals surface area (Å²) < 4.78 is 22.0. The molecule has 1 heterocycles. The zero-order valence-corrected chi connectivity index (χ0v) is 11.2. The monoisotopic (exact) mass is 248 g/mol. The Morgan fingerprint density at radius 3 is 2.69 bits per heavy atom. The molecule has 0 spiro atoms. The summed E-state index contributed by atoms with van der Waals surface area (Å²) in [6.07, 6.45) is 5.06. The van der Waals surface area contributed by atoms with Gasteiger partial charge in [0.25, 0.3) is 0 Å². The molecule has 1 rings (SSSR count). The predicted molar refractivity (Wildman–Crippen MR) is 67.4 cm³/mol.